The lowest BCUT2D eigenvalue weighted by molar-refractivity contribution is -0.123. The molecule has 0 saturated heterocycles. The third-order valence-corrected chi connectivity index (χ3v) is 2.55. The highest BCUT2D eigenvalue weighted by Crippen LogP contribution is 2.26. The van der Waals surface area contributed by atoms with Crippen LogP contribution in [0.15, 0.2) is 22.6 Å². The minimum atomic E-state index is -4.50. The smallest absolute Gasteiger partial charge is 0.405 e. The Morgan fingerprint density at radius 1 is 1.37 bits per heavy atom. The van der Waals surface area contributed by atoms with E-state index < -0.39 is 24.4 Å². The second-order valence-electron chi connectivity index (χ2n) is 3.99. The van der Waals surface area contributed by atoms with Crippen LogP contribution in [0.1, 0.15) is 16.1 Å². The summed E-state index contributed by atoms with van der Waals surface area (Å²) in [7, 11) is 0. The minimum absolute atomic E-state index is 0.246. The van der Waals surface area contributed by atoms with Crippen LogP contribution in [0.25, 0.3) is 11.0 Å². The maximum atomic E-state index is 13.0. The molecule has 2 aromatic rings. The Morgan fingerprint density at radius 3 is 2.68 bits per heavy atom. The van der Waals surface area contributed by atoms with Gasteiger partial charge in [-0.1, -0.05) is 0 Å². The molecule has 0 atom stereocenters. The summed E-state index contributed by atoms with van der Waals surface area (Å²) in [6.07, 6.45) is -4.50. The Labute approximate surface area is 105 Å². The molecule has 1 aromatic carbocycles. The number of fused-ring (bicyclic) bond motifs is 1. The van der Waals surface area contributed by atoms with E-state index in [9.17, 15) is 22.4 Å². The van der Waals surface area contributed by atoms with E-state index in [1.807, 2.05) is 0 Å². The molecule has 19 heavy (non-hydrogen) atoms. The van der Waals surface area contributed by atoms with Crippen molar-refractivity contribution in [1.82, 2.24) is 5.32 Å². The third kappa shape index (κ3) is 2.86. The van der Waals surface area contributed by atoms with Crippen LogP contribution in [-0.4, -0.2) is 18.6 Å². The molecule has 0 fully saturated rings. The van der Waals surface area contributed by atoms with Crippen molar-refractivity contribution in [2.45, 2.75) is 13.1 Å². The molecule has 0 aliphatic rings. The van der Waals surface area contributed by atoms with Crippen LogP contribution in [0, 0.1) is 12.7 Å². The predicted octanol–water partition coefficient (Wildman–Crippen LogP) is 3.17. The van der Waals surface area contributed by atoms with E-state index in [0.717, 1.165) is 12.1 Å². The van der Waals surface area contributed by atoms with Gasteiger partial charge in [0, 0.05) is 10.9 Å². The summed E-state index contributed by atoms with van der Waals surface area (Å²) < 4.78 is 54.2. The topological polar surface area (TPSA) is 42.2 Å². The van der Waals surface area contributed by atoms with Crippen molar-refractivity contribution in [3.63, 3.8) is 0 Å². The fourth-order valence-corrected chi connectivity index (χ4v) is 1.67. The Balaban J connectivity index is 2.30. The summed E-state index contributed by atoms with van der Waals surface area (Å²) in [5, 5.41) is 2.06. The molecule has 0 saturated carbocycles. The van der Waals surface area contributed by atoms with E-state index in [2.05, 4.69) is 0 Å². The van der Waals surface area contributed by atoms with Gasteiger partial charge in [0.05, 0.1) is 0 Å². The number of alkyl halides is 3. The minimum Gasteiger partial charge on any atom is -0.451 e. The molecule has 0 aliphatic heterocycles. The maximum Gasteiger partial charge on any atom is 0.405 e. The van der Waals surface area contributed by atoms with Crippen molar-refractivity contribution >= 4 is 16.9 Å². The Bertz CT molecular complexity index is 630. The first-order chi connectivity index (χ1) is 8.78. The Morgan fingerprint density at radius 2 is 2.05 bits per heavy atom. The second-order valence-corrected chi connectivity index (χ2v) is 3.99. The highest BCUT2D eigenvalue weighted by atomic mass is 19.4. The number of aryl methyl sites for hydroxylation is 1. The third-order valence-electron chi connectivity index (χ3n) is 2.55. The molecule has 0 bridgehead atoms. The summed E-state index contributed by atoms with van der Waals surface area (Å²) in [5.74, 6) is -1.74. The summed E-state index contributed by atoms with van der Waals surface area (Å²) >= 11 is 0. The zero-order valence-electron chi connectivity index (χ0n) is 9.77. The van der Waals surface area contributed by atoms with Crippen LogP contribution in [-0.2, 0) is 0 Å². The fraction of sp³-hybridized carbons (Fsp3) is 0.250. The molecule has 1 N–H and O–H groups in total. The molecule has 0 aliphatic carbocycles. The average molecular weight is 275 g/mol. The van der Waals surface area contributed by atoms with Gasteiger partial charge < -0.3 is 9.73 Å². The molecule has 0 unspecified atom stereocenters. The van der Waals surface area contributed by atoms with Gasteiger partial charge in [0.2, 0.25) is 0 Å². The van der Waals surface area contributed by atoms with E-state index in [1.165, 1.54) is 13.0 Å². The lowest BCUT2D eigenvalue weighted by atomic mass is 10.1. The van der Waals surface area contributed by atoms with E-state index >= 15 is 0 Å². The van der Waals surface area contributed by atoms with Gasteiger partial charge in [-0.05, 0) is 25.1 Å². The zero-order chi connectivity index (χ0) is 14.2. The van der Waals surface area contributed by atoms with Crippen molar-refractivity contribution in [1.29, 1.82) is 0 Å². The molecule has 7 heteroatoms. The van der Waals surface area contributed by atoms with Gasteiger partial charge in [-0.3, -0.25) is 4.79 Å². The van der Waals surface area contributed by atoms with Crippen molar-refractivity contribution in [3.05, 3.63) is 35.3 Å². The number of carbonyl (C=O) groups is 1. The number of hydrogen-bond donors (Lipinski definition) is 1. The fourth-order valence-electron chi connectivity index (χ4n) is 1.67. The van der Waals surface area contributed by atoms with Gasteiger partial charge in [0.1, 0.15) is 17.9 Å². The Kier molecular flexibility index (Phi) is 3.21. The van der Waals surface area contributed by atoms with Crippen molar-refractivity contribution in [2.24, 2.45) is 0 Å². The van der Waals surface area contributed by atoms with Crippen molar-refractivity contribution in [3.8, 4) is 0 Å². The van der Waals surface area contributed by atoms with Crippen LogP contribution < -0.4 is 5.32 Å². The maximum absolute atomic E-state index is 13.0. The van der Waals surface area contributed by atoms with Gasteiger partial charge in [-0.15, -0.1) is 0 Å². The van der Waals surface area contributed by atoms with Crippen molar-refractivity contribution in [2.75, 3.05) is 6.54 Å². The summed E-state index contributed by atoms with van der Waals surface area (Å²) in [4.78, 5) is 11.6. The van der Waals surface area contributed by atoms with E-state index in [4.69, 9.17) is 4.42 Å². The number of halogens is 4. The van der Waals surface area contributed by atoms with Crippen LogP contribution in [0.4, 0.5) is 17.6 Å². The molecule has 1 amide bonds. The molecule has 2 rings (SSSR count). The average Bonchev–Trinajstić information content (AvgIpc) is 2.63. The van der Waals surface area contributed by atoms with E-state index in [1.54, 1.807) is 5.32 Å². The number of rotatable bonds is 2. The van der Waals surface area contributed by atoms with Gasteiger partial charge >= 0.3 is 6.18 Å². The van der Waals surface area contributed by atoms with Gasteiger partial charge in [0.15, 0.2) is 5.76 Å². The summed E-state index contributed by atoms with van der Waals surface area (Å²) in [6.45, 7) is 0.0322. The number of amides is 1. The standard InChI is InChI=1S/C12H9F4NO2/c1-6-8-4-7(13)2-3-9(8)19-10(6)11(18)17-5-12(14,15)16/h2-4H,5H2,1H3,(H,17,18). The second kappa shape index (κ2) is 4.56. The number of carbonyl (C=O) groups excluding carboxylic acids is 1. The number of nitrogens with one attached hydrogen (secondary N) is 1. The zero-order valence-corrected chi connectivity index (χ0v) is 9.77. The SMILES string of the molecule is Cc1c(C(=O)NCC(F)(F)F)oc2ccc(F)cc12. The van der Waals surface area contributed by atoms with Gasteiger partial charge in [-0.2, -0.15) is 13.2 Å². The molecular formula is C12H9F4NO2. The lowest BCUT2D eigenvalue weighted by Gasteiger charge is -2.06. The number of furan rings is 1. The van der Waals surface area contributed by atoms with Gasteiger partial charge in [0.25, 0.3) is 5.91 Å². The molecule has 0 radical (unpaired) electrons. The predicted molar refractivity (Wildman–Crippen MR) is 59.3 cm³/mol. The lowest BCUT2D eigenvalue weighted by Crippen LogP contribution is -2.33. The summed E-state index contributed by atoms with van der Waals surface area (Å²) in [6, 6.07) is 3.62. The normalized spacial score (nSPS) is 11.8. The first-order valence-electron chi connectivity index (χ1n) is 5.31. The Hall–Kier alpha value is -2.05. The quantitative estimate of drug-likeness (QED) is 0.855. The molecule has 1 aromatic heterocycles. The number of hydrogen-bond acceptors (Lipinski definition) is 2. The summed E-state index contributed by atoms with van der Waals surface area (Å²) in [5.41, 5.74) is 0.547. The molecule has 0 spiro atoms. The highest BCUT2D eigenvalue weighted by molar-refractivity contribution is 5.98. The first kappa shape index (κ1) is 13.4. The molecular weight excluding hydrogens is 266 g/mol. The largest absolute Gasteiger partial charge is 0.451 e. The highest BCUT2D eigenvalue weighted by Gasteiger charge is 2.29. The van der Waals surface area contributed by atoms with E-state index in [0.29, 0.717) is 10.9 Å². The molecule has 102 valence electrons. The van der Waals surface area contributed by atoms with Crippen LogP contribution in [0.5, 0.6) is 0 Å². The van der Waals surface area contributed by atoms with Gasteiger partial charge in [-0.25, -0.2) is 4.39 Å². The number of benzene rings is 1. The molecule has 3 nitrogen and oxygen atoms in total. The van der Waals surface area contributed by atoms with Crippen LogP contribution in [0.3, 0.4) is 0 Å². The molecule has 1 heterocycles. The first-order valence-corrected chi connectivity index (χ1v) is 5.31. The van der Waals surface area contributed by atoms with E-state index in [-0.39, 0.29) is 11.3 Å². The van der Waals surface area contributed by atoms with Crippen LogP contribution >= 0.6 is 0 Å². The monoisotopic (exact) mass is 275 g/mol. The van der Waals surface area contributed by atoms with Crippen LogP contribution in [0.2, 0.25) is 0 Å². The van der Waals surface area contributed by atoms with Crippen molar-refractivity contribution < 1.29 is 26.8 Å².